The second kappa shape index (κ2) is 10.5. The molecule has 0 aliphatic heterocycles. The number of furan rings is 1. The van der Waals surface area contributed by atoms with E-state index in [0.717, 1.165) is 39.0 Å². The van der Waals surface area contributed by atoms with Crippen LogP contribution in [0.2, 0.25) is 0 Å². The largest absolute Gasteiger partial charge is 0.456 e. The Morgan fingerprint density at radius 2 is 0.911 bits per heavy atom. The van der Waals surface area contributed by atoms with Crippen molar-refractivity contribution in [2.75, 3.05) is 4.90 Å². The Labute approximate surface area is 265 Å². The molecule has 0 amide bonds. The second-order valence-corrected chi connectivity index (χ2v) is 12.5. The molecule has 0 aliphatic carbocycles. The Morgan fingerprint density at radius 3 is 1.69 bits per heavy atom. The molecule has 0 saturated carbocycles. The third-order valence-electron chi connectivity index (χ3n) is 8.69. The number of hydrogen-bond donors (Lipinski definition) is 0. The van der Waals surface area contributed by atoms with Gasteiger partial charge in [0.1, 0.15) is 11.2 Å². The van der Waals surface area contributed by atoms with Crippen LogP contribution in [-0.2, 0) is 0 Å². The van der Waals surface area contributed by atoms with Crippen LogP contribution in [0, 0.1) is 0 Å². The summed E-state index contributed by atoms with van der Waals surface area (Å²) in [7, 11) is 0. The van der Waals surface area contributed by atoms with Crippen molar-refractivity contribution < 1.29 is 4.42 Å². The van der Waals surface area contributed by atoms with Gasteiger partial charge in [-0.05, 0) is 89.0 Å². The molecule has 0 bridgehead atoms. The lowest BCUT2D eigenvalue weighted by molar-refractivity contribution is 0.669. The fraction of sp³-hybridized carbons (Fsp3) is 0. The molecule has 9 rings (SSSR count). The molecule has 0 fully saturated rings. The number of nitrogens with zero attached hydrogens (tertiary/aromatic N) is 1. The normalized spacial score (nSPS) is 11.6. The molecule has 2 nitrogen and oxygen atoms in total. The van der Waals surface area contributed by atoms with Gasteiger partial charge in [0.15, 0.2) is 0 Å². The van der Waals surface area contributed by atoms with Crippen LogP contribution in [0.5, 0.6) is 0 Å². The van der Waals surface area contributed by atoms with Crippen molar-refractivity contribution in [2.24, 2.45) is 0 Å². The predicted molar refractivity (Wildman–Crippen MR) is 192 cm³/mol. The van der Waals surface area contributed by atoms with E-state index in [4.69, 9.17) is 4.42 Å². The molecular weight excluding hydrogens is 567 g/mol. The molecule has 0 radical (unpaired) electrons. The van der Waals surface area contributed by atoms with Crippen molar-refractivity contribution in [3.05, 3.63) is 164 Å². The first-order valence-electron chi connectivity index (χ1n) is 15.2. The van der Waals surface area contributed by atoms with Gasteiger partial charge in [0.25, 0.3) is 0 Å². The first-order chi connectivity index (χ1) is 22.3. The predicted octanol–water partition coefficient (Wildman–Crippen LogP) is 12.8. The second-order valence-electron chi connectivity index (χ2n) is 11.4. The maximum Gasteiger partial charge on any atom is 0.135 e. The van der Waals surface area contributed by atoms with Crippen LogP contribution in [-0.4, -0.2) is 0 Å². The van der Waals surface area contributed by atoms with Crippen LogP contribution < -0.4 is 4.90 Å². The quantitative estimate of drug-likeness (QED) is 0.197. The van der Waals surface area contributed by atoms with Crippen molar-refractivity contribution in [3.8, 4) is 22.3 Å². The molecule has 9 aromatic rings. The van der Waals surface area contributed by atoms with Gasteiger partial charge in [-0.3, -0.25) is 0 Å². The van der Waals surface area contributed by atoms with Gasteiger partial charge in [-0.25, -0.2) is 0 Å². The van der Waals surface area contributed by atoms with Crippen molar-refractivity contribution in [1.82, 2.24) is 0 Å². The number of fused-ring (bicyclic) bond motifs is 6. The van der Waals surface area contributed by atoms with Gasteiger partial charge in [-0.2, -0.15) is 0 Å². The van der Waals surface area contributed by atoms with Crippen LogP contribution in [0.15, 0.2) is 168 Å². The highest BCUT2D eigenvalue weighted by molar-refractivity contribution is 7.25. The monoisotopic (exact) mass is 593 g/mol. The van der Waals surface area contributed by atoms with Gasteiger partial charge >= 0.3 is 0 Å². The summed E-state index contributed by atoms with van der Waals surface area (Å²) in [6.07, 6.45) is 0. The number of thiophene rings is 1. The van der Waals surface area contributed by atoms with Gasteiger partial charge in [-0.15, -0.1) is 11.3 Å². The number of rotatable bonds is 5. The Bertz CT molecular complexity index is 2470. The number of para-hydroxylation sites is 1. The van der Waals surface area contributed by atoms with E-state index < -0.39 is 0 Å². The summed E-state index contributed by atoms with van der Waals surface area (Å²) in [5.41, 5.74) is 9.91. The summed E-state index contributed by atoms with van der Waals surface area (Å²) in [4.78, 5) is 2.33. The summed E-state index contributed by atoms with van der Waals surface area (Å²) < 4.78 is 8.81. The molecule has 212 valence electrons. The van der Waals surface area contributed by atoms with Crippen molar-refractivity contribution in [1.29, 1.82) is 0 Å². The Balaban J connectivity index is 1.15. The lowest BCUT2D eigenvalue weighted by Gasteiger charge is -2.26. The van der Waals surface area contributed by atoms with Crippen LogP contribution >= 0.6 is 11.3 Å². The molecule has 7 aromatic carbocycles. The molecular formula is C42H27NOS. The zero-order valence-corrected chi connectivity index (χ0v) is 25.2. The van der Waals surface area contributed by atoms with Crippen LogP contribution in [0.4, 0.5) is 17.1 Å². The van der Waals surface area contributed by atoms with Crippen molar-refractivity contribution >= 4 is 70.5 Å². The average molecular weight is 594 g/mol. The Kier molecular flexibility index (Phi) is 6.03. The zero-order valence-electron chi connectivity index (χ0n) is 24.4. The summed E-state index contributed by atoms with van der Waals surface area (Å²) in [6, 6.07) is 58.5. The molecule has 0 N–H and O–H groups in total. The van der Waals surface area contributed by atoms with E-state index in [0.29, 0.717) is 0 Å². The average Bonchev–Trinajstić information content (AvgIpc) is 3.67. The molecule has 0 unspecified atom stereocenters. The van der Waals surface area contributed by atoms with E-state index in [1.807, 2.05) is 23.5 Å². The zero-order chi connectivity index (χ0) is 29.7. The minimum absolute atomic E-state index is 0.894. The van der Waals surface area contributed by atoms with Gasteiger partial charge in [0.2, 0.25) is 0 Å². The number of benzene rings is 7. The third kappa shape index (κ3) is 4.48. The third-order valence-corrected chi connectivity index (χ3v) is 9.84. The topological polar surface area (TPSA) is 16.4 Å². The summed E-state index contributed by atoms with van der Waals surface area (Å²) >= 11 is 1.86. The lowest BCUT2D eigenvalue weighted by Crippen LogP contribution is -2.09. The van der Waals surface area contributed by atoms with Gasteiger partial charge in [-0.1, -0.05) is 97.1 Å². The smallest absolute Gasteiger partial charge is 0.135 e. The van der Waals surface area contributed by atoms with E-state index in [9.17, 15) is 0 Å². The molecule has 0 spiro atoms. The van der Waals surface area contributed by atoms with Gasteiger partial charge in [0, 0.05) is 48.0 Å². The maximum atomic E-state index is 6.16. The summed E-state index contributed by atoms with van der Waals surface area (Å²) in [5, 5.41) is 4.88. The van der Waals surface area contributed by atoms with E-state index in [2.05, 4.69) is 157 Å². The lowest BCUT2D eigenvalue weighted by atomic mass is 10.0. The fourth-order valence-corrected chi connectivity index (χ4v) is 7.53. The molecule has 2 aromatic heterocycles. The summed E-state index contributed by atoms with van der Waals surface area (Å²) in [6.45, 7) is 0. The molecule has 3 heteroatoms. The number of anilines is 3. The molecule has 0 aliphatic rings. The number of hydrogen-bond acceptors (Lipinski definition) is 3. The minimum atomic E-state index is 0.894. The molecule has 0 saturated heterocycles. The fourth-order valence-electron chi connectivity index (χ4n) is 6.44. The van der Waals surface area contributed by atoms with E-state index in [1.165, 1.54) is 42.4 Å². The van der Waals surface area contributed by atoms with Gasteiger partial charge in [0.05, 0.1) is 0 Å². The maximum absolute atomic E-state index is 6.16. The van der Waals surface area contributed by atoms with E-state index in [1.54, 1.807) is 0 Å². The highest BCUT2D eigenvalue weighted by Crippen LogP contribution is 2.41. The first kappa shape index (κ1) is 25.8. The van der Waals surface area contributed by atoms with Gasteiger partial charge < -0.3 is 9.32 Å². The minimum Gasteiger partial charge on any atom is -0.456 e. The van der Waals surface area contributed by atoms with Crippen LogP contribution in [0.1, 0.15) is 0 Å². The van der Waals surface area contributed by atoms with Crippen molar-refractivity contribution in [2.45, 2.75) is 0 Å². The van der Waals surface area contributed by atoms with Crippen LogP contribution in [0.25, 0.3) is 64.4 Å². The standard InChI is InChI=1S/C42H27NOS/c1-2-8-28(9-3-1)29-14-19-32(20-15-29)43(34-23-24-40-37(27-34)35-10-4-6-12-39(35)44-40)33-21-16-30(17-22-33)31-18-25-42-38(26-31)36-11-5-7-13-41(36)45-42/h1-27H. The van der Waals surface area contributed by atoms with E-state index in [-0.39, 0.29) is 0 Å². The SMILES string of the molecule is c1ccc(-c2ccc(N(c3ccc(-c4ccc5sc6ccccc6c5c4)cc3)c3ccc4oc5ccccc5c4c3)cc2)cc1. The molecule has 2 heterocycles. The molecule has 45 heavy (non-hydrogen) atoms. The first-order valence-corrected chi connectivity index (χ1v) is 16.0. The highest BCUT2D eigenvalue weighted by atomic mass is 32.1. The van der Waals surface area contributed by atoms with E-state index >= 15 is 0 Å². The Hall–Kier alpha value is -5.64. The Morgan fingerprint density at radius 1 is 0.356 bits per heavy atom. The van der Waals surface area contributed by atoms with Crippen LogP contribution in [0.3, 0.4) is 0 Å². The van der Waals surface area contributed by atoms with Crippen molar-refractivity contribution in [3.63, 3.8) is 0 Å². The highest BCUT2D eigenvalue weighted by Gasteiger charge is 2.16. The molecule has 0 atom stereocenters. The summed E-state index contributed by atoms with van der Waals surface area (Å²) in [5.74, 6) is 0.